The van der Waals surface area contributed by atoms with E-state index in [-0.39, 0.29) is 11.1 Å². The maximum atomic E-state index is 11.2. The summed E-state index contributed by atoms with van der Waals surface area (Å²) in [4.78, 5) is 23.0. The Morgan fingerprint density at radius 2 is 1.60 bits per heavy atom. The van der Waals surface area contributed by atoms with E-state index in [1.807, 2.05) is 0 Å². The van der Waals surface area contributed by atoms with Crippen molar-refractivity contribution in [3.05, 3.63) is 53.6 Å². The van der Waals surface area contributed by atoms with E-state index in [4.69, 9.17) is 15.8 Å². The molecule has 0 unspecified atom stereocenters. The van der Waals surface area contributed by atoms with Crippen molar-refractivity contribution >= 4 is 33.6 Å². The van der Waals surface area contributed by atoms with Crippen LogP contribution in [0.5, 0.6) is 0 Å². The maximum Gasteiger partial charge on any atom is 0.336 e. The molecule has 0 fully saturated rings. The quantitative estimate of drug-likeness (QED) is 0.893. The molecule has 0 radical (unpaired) electrons. The summed E-state index contributed by atoms with van der Waals surface area (Å²) < 4.78 is 0. The molecule has 2 aromatic rings. The highest BCUT2D eigenvalue weighted by Crippen LogP contribution is 2.29. The van der Waals surface area contributed by atoms with Gasteiger partial charge in [0.15, 0.2) is 0 Å². The van der Waals surface area contributed by atoms with E-state index in [1.54, 1.807) is 24.3 Å². The number of hydrogen-bond acceptors (Lipinski definition) is 3. The fourth-order valence-corrected chi connectivity index (χ4v) is 2.34. The van der Waals surface area contributed by atoms with Crippen LogP contribution in [0.25, 0.3) is 11.1 Å². The van der Waals surface area contributed by atoms with Crippen LogP contribution in [0.15, 0.2) is 47.4 Å². The normalized spacial score (nSPS) is 10.2. The van der Waals surface area contributed by atoms with Gasteiger partial charge in [0.05, 0.1) is 11.1 Å². The zero-order chi connectivity index (χ0) is 14.7. The monoisotopic (exact) mass is 308 g/mol. The van der Waals surface area contributed by atoms with Gasteiger partial charge in [0, 0.05) is 4.90 Å². The summed E-state index contributed by atoms with van der Waals surface area (Å²) in [6, 6.07) is 10.8. The third kappa shape index (κ3) is 2.95. The average Bonchev–Trinajstić information content (AvgIpc) is 2.46. The van der Waals surface area contributed by atoms with Gasteiger partial charge >= 0.3 is 11.9 Å². The van der Waals surface area contributed by atoms with Gasteiger partial charge in [-0.2, -0.15) is 0 Å². The molecule has 0 saturated carbocycles. The summed E-state index contributed by atoms with van der Waals surface area (Å²) in [7, 11) is 6.67. The van der Waals surface area contributed by atoms with Gasteiger partial charge in [0.2, 0.25) is 0 Å². The lowest BCUT2D eigenvalue weighted by Crippen LogP contribution is -2.03. The fourth-order valence-electron chi connectivity index (χ4n) is 1.79. The van der Waals surface area contributed by atoms with E-state index in [0.29, 0.717) is 11.1 Å². The molecule has 0 aliphatic rings. The van der Waals surface area contributed by atoms with Crippen molar-refractivity contribution in [1.82, 2.24) is 0 Å². The molecule has 0 saturated heterocycles. The molecule has 0 aliphatic carbocycles. The van der Waals surface area contributed by atoms with Crippen molar-refractivity contribution in [2.24, 2.45) is 0 Å². The molecule has 0 atom stereocenters. The van der Waals surface area contributed by atoms with Gasteiger partial charge in [0.1, 0.15) is 0 Å². The minimum Gasteiger partial charge on any atom is -0.478 e. The second-order valence-corrected chi connectivity index (χ2v) is 5.06. The van der Waals surface area contributed by atoms with Crippen molar-refractivity contribution in [3.63, 3.8) is 0 Å². The molecule has 0 spiro atoms. The van der Waals surface area contributed by atoms with Crippen molar-refractivity contribution in [2.75, 3.05) is 0 Å². The molecule has 0 aromatic heterocycles. The SMILES string of the molecule is O=C(O)c1ccc(C(=O)O)c(-c2ccc(SCl)cc2)c1. The number of carboxylic acids is 2. The fraction of sp³-hybridized carbons (Fsp3) is 0. The van der Waals surface area contributed by atoms with E-state index in [2.05, 4.69) is 0 Å². The number of halogens is 1. The summed E-state index contributed by atoms with van der Waals surface area (Å²) in [5.74, 6) is -2.20. The molecular weight excluding hydrogens is 300 g/mol. The van der Waals surface area contributed by atoms with E-state index in [1.165, 1.54) is 18.2 Å². The largest absolute Gasteiger partial charge is 0.478 e. The molecule has 2 aromatic carbocycles. The summed E-state index contributed by atoms with van der Waals surface area (Å²) >= 11 is 0. The van der Waals surface area contributed by atoms with Gasteiger partial charge in [-0.3, -0.25) is 0 Å². The number of hydrogen-bond donors (Lipinski definition) is 2. The van der Waals surface area contributed by atoms with Gasteiger partial charge in [0.25, 0.3) is 0 Å². The van der Waals surface area contributed by atoms with Crippen LogP contribution < -0.4 is 0 Å². The highest BCUT2D eigenvalue weighted by molar-refractivity contribution is 8.21. The van der Waals surface area contributed by atoms with E-state index in [9.17, 15) is 14.7 Å². The maximum absolute atomic E-state index is 11.2. The number of benzene rings is 2. The Morgan fingerprint density at radius 3 is 2.10 bits per heavy atom. The molecule has 6 heteroatoms. The van der Waals surface area contributed by atoms with Crippen LogP contribution >= 0.6 is 21.7 Å². The lowest BCUT2D eigenvalue weighted by atomic mass is 9.97. The summed E-state index contributed by atoms with van der Waals surface area (Å²) in [5.41, 5.74) is 1.09. The predicted molar refractivity (Wildman–Crippen MR) is 77.5 cm³/mol. The Kier molecular flexibility index (Phi) is 4.32. The number of carbonyl (C=O) groups is 2. The zero-order valence-corrected chi connectivity index (χ0v) is 11.6. The van der Waals surface area contributed by atoms with Gasteiger partial charge in [-0.1, -0.05) is 12.1 Å². The molecule has 0 bridgehead atoms. The average molecular weight is 309 g/mol. The Morgan fingerprint density at radius 1 is 0.950 bits per heavy atom. The molecule has 0 aliphatic heterocycles. The summed E-state index contributed by atoms with van der Waals surface area (Å²) in [6.07, 6.45) is 0. The minimum absolute atomic E-state index is 0.0424. The van der Waals surface area contributed by atoms with Gasteiger partial charge in [-0.15, -0.1) is 0 Å². The number of carboxylic acid groups (broad SMARTS) is 2. The lowest BCUT2D eigenvalue weighted by Gasteiger charge is -2.08. The predicted octanol–water partition coefficient (Wildman–Crippen LogP) is 4.00. The molecule has 0 heterocycles. The molecule has 0 amide bonds. The third-order valence-corrected chi connectivity index (χ3v) is 3.74. The second kappa shape index (κ2) is 5.98. The van der Waals surface area contributed by atoms with Gasteiger partial charge in [-0.05, 0) is 63.1 Å². The van der Waals surface area contributed by atoms with Crippen molar-refractivity contribution in [1.29, 1.82) is 0 Å². The first-order valence-corrected chi connectivity index (χ1v) is 7.17. The van der Waals surface area contributed by atoms with Crippen molar-refractivity contribution < 1.29 is 19.8 Å². The van der Waals surface area contributed by atoms with Crippen LogP contribution in [0, 0.1) is 0 Å². The van der Waals surface area contributed by atoms with Crippen LogP contribution in [-0.2, 0) is 0 Å². The van der Waals surface area contributed by atoms with Crippen LogP contribution in [0.1, 0.15) is 20.7 Å². The van der Waals surface area contributed by atoms with E-state index >= 15 is 0 Å². The highest BCUT2D eigenvalue weighted by Gasteiger charge is 2.14. The Labute approximate surface area is 123 Å². The third-order valence-electron chi connectivity index (χ3n) is 2.75. The zero-order valence-electron chi connectivity index (χ0n) is 10.0. The smallest absolute Gasteiger partial charge is 0.336 e. The van der Waals surface area contributed by atoms with Gasteiger partial charge in [-0.25, -0.2) is 9.59 Å². The summed E-state index contributed by atoms with van der Waals surface area (Å²) in [6.45, 7) is 0. The first-order valence-electron chi connectivity index (χ1n) is 5.52. The minimum atomic E-state index is -1.10. The first kappa shape index (κ1) is 14.4. The molecule has 4 nitrogen and oxygen atoms in total. The Hall–Kier alpha value is -1.98. The number of aromatic carboxylic acids is 2. The Balaban J connectivity index is 2.58. The van der Waals surface area contributed by atoms with Crippen LogP contribution in [0.4, 0.5) is 0 Å². The molecule has 2 rings (SSSR count). The van der Waals surface area contributed by atoms with Crippen LogP contribution in [-0.4, -0.2) is 22.2 Å². The molecule has 2 N–H and O–H groups in total. The van der Waals surface area contributed by atoms with Crippen LogP contribution in [0.2, 0.25) is 0 Å². The number of rotatable bonds is 4. The van der Waals surface area contributed by atoms with E-state index in [0.717, 1.165) is 15.9 Å². The van der Waals surface area contributed by atoms with Crippen molar-refractivity contribution in [2.45, 2.75) is 4.90 Å². The molecular formula is C14H9ClO4S. The van der Waals surface area contributed by atoms with Crippen molar-refractivity contribution in [3.8, 4) is 11.1 Å². The first-order chi connectivity index (χ1) is 9.52. The second-order valence-electron chi connectivity index (χ2n) is 3.97. The Bertz CT molecular complexity index is 667. The highest BCUT2D eigenvalue weighted by atomic mass is 35.7. The van der Waals surface area contributed by atoms with Crippen LogP contribution in [0.3, 0.4) is 0 Å². The topological polar surface area (TPSA) is 74.6 Å². The van der Waals surface area contributed by atoms with E-state index < -0.39 is 11.9 Å². The van der Waals surface area contributed by atoms with Gasteiger partial charge < -0.3 is 10.2 Å². The standard InChI is InChI=1S/C14H9ClO4S/c15-20-10-4-1-8(2-5-10)12-7-9(13(16)17)3-6-11(12)14(18)19/h1-7H,(H,16,17)(H,18,19). The summed E-state index contributed by atoms with van der Waals surface area (Å²) in [5, 5.41) is 18.2. The molecule has 20 heavy (non-hydrogen) atoms. The lowest BCUT2D eigenvalue weighted by molar-refractivity contribution is 0.0682. The molecule has 102 valence electrons.